The van der Waals surface area contributed by atoms with Crippen LogP contribution >= 0.6 is 9.24 Å². The molecule has 12 heteroatoms. The molecule has 3 heterocycles. The Balaban J connectivity index is 0.000000211. The molecule has 5 rings (SSSR count). The second-order valence-electron chi connectivity index (χ2n) is 11.3. The smallest absolute Gasteiger partial charge is 0.282 e. The molecule has 2 aromatic heterocycles. The van der Waals surface area contributed by atoms with Crippen LogP contribution in [0.15, 0.2) is 71.8 Å². The predicted molar refractivity (Wildman–Crippen MR) is 192 cm³/mol. The highest BCUT2D eigenvalue weighted by molar-refractivity contribution is 7.27. The molecule has 252 valence electrons. The fraction of sp³-hybridized carbons (Fsp3) is 0.371. The van der Waals surface area contributed by atoms with Crippen molar-refractivity contribution < 1.29 is 13.9 Å². The van der Waals surface area contributed by atoms with Gasteiger partial charge >= 0.3 is 0 Å². The summed E-state index contributed by atoms with van der Waals surface area (Å²) in [5.41, 5.74) is 8.19. The number of aromatic nitrogens is 3. The second kappa shape index (κ2) is 18.8. The van der Waals surface area contributed by atoms with E-state index in [2.05, 4.69) is 75.6 Å². The van der Waals surface area contributed by atoms with Crippen LogP contribution in [-0.2, 0) is 0 Å². The maximum Gasteiger partial charge on any atom is 0.282 e. The van der Waals surface area contributed by atoms with E-state index in [1.54, 1.807) is 43.6 Å². The van der Waals surface area contributed by atoms with Crippen molar-refractivity contribution in [3.05, 3.63) is 94.3 Å². The number of aldehydes is 1. The van der Waals surface area contributed by atoms with Crippen LogP contribution in [0.2, 0.25) is 0 Å². The zero-order valence-electron chi connectivity index (χ0n) is 28.0. The number of hydrazine groups is 1. The van der Waals surface area contributed by atoms with Gasteiger partial charge in [0.25, 0.3) is 5.56 Å². The molecular formula is C35H47FN7O3P. The highest BCUT2D eigenvalue weighted by Crippen LogP contribution is 2.40. The standard InChI is InChI=1S/C16H19FN4O.C11H9N2O2P.C8H19N/c1-9(2)15-14-13(6-7-19-16(14)21-20-15)22-12-5-4-10(18-3)8-11(12)17;14-7-8-5-6-12-13(11(8)15)9-1-3-10(16)4-2-9;1-4-6-8(9-3)7-5-2/h4-9,15,18,20H,1-3H3,(H,19,21);1-7H,16H2;8-9H,4-7H2,1-3H3. The van der Waals surface area contributed by atoms with Gasteiger partial charge < -0.3 is 20.8 Å². The zero-order valence-corrected chi connectivity index (χ0v) is 29.2. The summed E-state index contributed by atoms with van der Waals surface area (Å²) in [6.45, 7) is 8.68. The number of carbonyl (C=O) groups is 1. The Morgan fingerprint density at radius 2 is 1.72 bits per heavy atom. The minimum Gasteiger partial charge on any atom is -0.454 e. The topological polar surface area (TPSA) is 122 Å². The summed E-state index contributed by atoms with van der Waals surface area (Å²) in [6, 6.07) is 16.0. The largest absolute Gasteiger partial charge is 0.454 e. The normalized spacial score (nSPS) is 13.1. The van der Waals surface area contributed by atoms with E-state index in [0.717, 1.165) is 22.7 Å². The van der Waals surface area contributed by atoms with Gasteiger partial charge in [0.2, 0.25) is 0 Å². The number of rotatable bonds is 11. The molecule has 0 amide bonds. The lowest BCUT2D eigenvalue weighted by molar-refractivity contribution is 0.112. The molecule has 10 nitrogen and oxygen atoms in total. The van der Waals surface area contributed by atoms with E-state index < -0.39 is 11.4 Å². The van der Waals surface area contributed by atoms with Gasteiger partial charge in [0, 0.05) is 37.2 Å². The third-order valence-electron chi connectivity index (χ3n) is 7.54. The van der Waals surface area contributed by atoms with Crippen LogP contribution in [0.1, 0.15) is 75.3 Å². The van der Waals surface area contributed by atoms with E-state index in [4.69, 9.17) is 4.74 Å². The van der Waals surface area contributed by atoms with Gasteiger partial charge in [0.15, 0.2) is 17.9 Å². The van der Waals surface area contributed by atoms with Gasteiger partial charge in [0.1, 0.15) is 11.6 Å². The van der Waals surface area contributed by atoms with Crippen LogP contribution in [0, 0.1) is 11.7 Å². The Morgan fingerprint density at radius 1 is 1.02 bits per heavy atom. The average Bonchev–Trinajstić information content (AvgIpc) is 3.52. The number of anilines is 2. The van der Waals surface area contributed by atoms with Crippen molar-refractivity contribution in [1.29, 1.82) is 0 Å². The van der Waals surface area contributed by atoms with Gasteiger partial charge in [0.05, 0.1) is 22.9 Å². The van der Waals surface area contributed by atoms with Crippen molar-refractivity contribution in [3.63, 3.8) is 0 Å². The van der Waals surface area contributed by atoms with Crippen LogP contribution in [0.25, 0.3) is 5.69 Å². The molecule has 47 heavy (non-hydrogen) atoms. The van der Waals surface area contributed by atoms with Gasteiger partial charge in [-0.25, -0.2) is 14.8 Å². The summed E-state index contributed by atoms with van der Waals surface area (Å²) >= 11 is 0. The van der Waals surface area contributed by atoms with Crippen LogP contribution in [-0.4, -0.2) is 41.2 Å². The van der Waals surface area contributed by atoms with Gasteiger partial charge in [-0.3, -0.25) is 9.59 Å². The quantitative estimate of drug-likeness (QED) is 0.107. The minimum absolute atomic E-state index is 0.0679. The fourth-order valence-corrected chi connectivity index (χ4v) is 5.16. The lowest BCUT2D eigenvalue weighted by atomic mass is 9.98. The van der Waals surface area contributed by atoms with E-state index in [1.165, 1.54) is 48.7 Å². The molecule has 1 aliphatic heterocycles. The highest BCUT2D eigenvalue weighted by Gasteiger charge is 2.29. The minimum atomic E-state index is -0.408. The first-order valence-corrected chi connectivity index (χ1v) is 16.5. The molecule has 0 aliphatic carbocycles. The lowest BCUT2D eigenvalue weighted by Crippen LogP contribution is -2.24. The SMILES string of the molecule is CCCC(CCC)NC.CNc1ccc(Oc2ccnc3c2C(C(C)C)NN3)c(F)c1.O=Cc1ccnn(-c2ccc(P)cc2)c1=O. The summed E-state index contributed by atoms with van der Waals surface area (Å²) in [5, 5.41) is 11.1. The molecule has 0 bridgehead atoms. The fourth-order valence-electron chi connectivity index (χ4n) is 4.97. The van der Waals surface area contributed by atoms with E-state index in [0.29, 0.717) is 29.3 Å². The predicted octanol–water partition coefficient (Wildman–Crippen LogP) is 6.40. The zero-order chi connectivity index (χ0) is 34.3. The molecule has 0 saturated carbocycles. The molecule has 4 aromatic rings. The number of hydrogen-bond donors (Lipinski definition) is 4. The van der Waals surface area contributed by atoms with Gasteiger partial charge in [-0.1, -0.05) is 52.7 Å². The van der Waals surface area contributed by atoms with Crippen molar-refractivity contribution in [2.24, 2.45) is 5.92 Å². The third-order valence-corrected chi connectivity index (χ3v) is 7.92. The Hall–Kier alpha value is -4.18. The molecule has 2 aromatic carbocycles. The van der Waals surface area contributed by atoms with E-state index in [1.807, 2.05) is 12.1 Å². The van der Waals surface area contributed by atoms with Crippen LogP contribution < -0.4 is 37.1 Å². The highest BCUT2D eigenvalue weighted by atomic mass is 31.0. The van der Waals surface area contributed by atoms with Crippen molar-refractivity contribution >= 4 is 32.3 Å². The van der Waals surface area contributed by atoms with Crippen LogP contribution in [0.3, 0.4) is 0 Å². The number of fused-ring (bicyclic) bond motifs is 1. The summed E-state index contributed by atoms with van der Waals surface area (Å²) in [6.07, 6.45) is 8.85. The monoisotopic (exact) mass is 663 g/mol. The van der Waals surface area contributed by atoms with E-state index in [9.17, 15) is 14.0 Å². The first kappa shape index (κ1) is 37.3. The number of hydrogen-bond acceptors (Lipinski definition) is 9. The van der Waals surface area contributed by atoms with Crippen LogP contribution in [0.5, 0.6) is 11.5 Å². The molecule has 4 N–H and O–H groups in total. The maximum absolute atomic E-state index is 14.1. The van der Waals surface area contributed by atoms with Gasteiger partial charge in [-0.05, 0) is 67.5 Å². The van der Waals surface area contributed by atoms with Gasteiger partial charge in [-0.15, -0.1) is 9.24 Å². The Bertz CT molecular complexity index is 1630. The molecule has 0 saturated heterocycles. The van der Waals surface area contributed by atoms with E-state index >= 15 is 0 Å². The number of nitrogens with one attached hydrogen (secondary N) is 4. The number of carbonyl (C=O) groups excluding carboxylic acids is 1. The molecule has 2 unspecified atom stereocenters. The molecule has 0 fully saturated rings. The molecule has 2 atom stereocenters. The third kappa shape index (κ3) is 10.4. The number of benzene rings is 2. The van der Waals surface area contributed by atoms with Crippen LogP contribution in [0.4, 0.5) is 15.9 Å². The van der Waals surface area contributed by atoms with Crippen molar-refractivity contribution in [1.82, 2.24) is 25.5 Å². The number of halogens is 1. The van der Waals surface area contributed by atoms with Crippen molar-refractivity contribution in [2.75, 3.05) is 24.8 Å². The second-order valence-corrected chi connectivity index (χ2v) is 12.0. The molecular weight excluding hydrogens is 616 g/mol. The first-order chi connectivity index (χ1) is 22.7. The molecule has 0 spiro atoms. The maximum atomic E-state index is 14.1. The van der Waals surface area contributed by atoms with Crippen molar-refractivity contribution in [2.45, 2.75) is 65.5 Å². The molecule has 1 aliphatic rings. The summed E-state index contributed by atoms with van der Waals surface area (Å²) < 4.78 is 21.1. The Labute approximate surface area is 279 Å². The summed E-state index contributed by atoms with van der Waals surface area (Å²) in [7, 11) is 6.35. The number of nitrogens with zero attached hydrogens (tertiary/aromatic N) is 3. The first-order valence-electron chi connectivity index (χ1n) is 15.9. The van der Waals surface area contributed by atoms with Crippen molar-refractivity contribution in [3.8, 4) is 17.2 Å². The lowest BCUT2D eigenvalue weighted by Gasteiger charge is -2.18. The van der Waals surface area contributed by atoms with Gasteiger partial charge in [-0.2, -0.15) is 9.78 Å². The number of ether oxygens (including phenoxy) is 1. The number of pyridine rings is 1. The Morgan fingerprint density at radius 3 is 2.30 bits per heavy atom. The Kier molecular flexibility index (Phi) is 14.9. The summed E-state index contributed by atoms with van der Waals surface area (Å²) in [4.78, 5) is 26.7. The average molecular weight is 664 g/mol. The summed E-state index contributed by atoms with van der Waals surface area (Å²) in [5.74, 6) is 1.47. The van der Waals surface area contributed by atoms with E-state index in [-0.39, 0.29) is 17.4 Å². The molecule has 0 radical (unpaired) electrons.